The van der Waals surface area contributed by atoms with E-state index in [4.69, 9.17) is 5.73 Å². The van der Waals surface area contributed by atoms with Crippen LogP contribution in [0.3, 0.4) is 0 Å². The quantitative estimate of drug-likeness (QED) is 0.813. The molecule has 3 N–H and O–H groups in total. The van der Waals surface area contributed by atoms with Gasteiger partial charge in [-0.25, -0.2) is 0 Å². The van der Waals surface area contributed by atoms with E-state index in [-0.39, 0.29) is 11.9 Å². The standard InChI is InChI=1S/C16H22N2O/c1-12(2)11-13(3)18-16(19)15-8-6-14(7-9-15)5-4-10-17/h6-9,12-13H,10-11,17H2,1-3H3,(H,18,19). The van der Waals surface area contributed by atoms with Crippen LogP contribution >= 0.6 is 0 Å². The van der Waals surface area contributed by atoms with Gasteiger partial charge in [-0.3, -0.25) is 4.79 Å². The molecule has 0 aliphatic rings. The first-order valence-corrected chi connectivity index (χ1v) is 6.62. The Balaban J connectivity index is 2.62. The molecule has 1 atom stereocenters. The molecule has 1 amide bonds. The van der Waals surface area contributed by atoms with Gasteiger partial charge in [0.25, 0.3) is 5.91 Å². The second-order valence-corrected chi connectivity index (χ2v) is 5.09. The maximum atomic E-state index is 12.0. The van der Waals surface area contributed by atoms with Gasteiger partial charge in [0, 0.05) is 17.2 Å². The minimum Gasteiger partial charge on any atom is -0.350 e. The number of nitrogens with one attached hydrogen (secondary N) is 1. The first-order valence-electron chi connectivity index (χ1n) is 6.62. The first-order chi connectivity index (χ1) is 9.02. The summed E-state index contributed by atoms with van der Waals surface area (Å²) in [6.07, 6.45) is 0.978. The predicted molar refractivity (Wildman–Crippen MR) is 78.8 cm³/mol. The van der Waals surface area contributed by atoms with Gasteiger partial charge in [0.05, 0.1) is 6.54 Å². The normalized spacial score (nSPS) is 11.6. The summed E-state index contributed by atoms with van der Waals surface area (Å²) in [4.78, 5) is 12.0. The molecule has 0 aromatic heterocycles. The lowest BCUT2D eigenvalue weighted by atomic mass is 10.0. The molecule has 0 bridgehead atoms. The highest BCUT2D eigenvalue weighted by atomic mass is 16.1. The highest BCUT2D eigenvalue weighted by Gasteiger charge is 2.10. The summed E-state index contributed by atoms with van der Waals surface area (Å²) in [6.45, 7) is 6.66. The molecule has 1 rings (SSSR count). The number of benzene rings is 1. The van der Waals surface area contributed by atoms with Crippen LogP contribution in [0.4, 0.5) is 0 Å². The Morgan fingerprint density at radius 2 is 1.89 bits per heavy atom. The fourth-order valence-corrected chi connectivity index (χ4v) is 1.93. The zero-order valence-electron chi connectivity index (χ0n) is 11.9. The van der Waals surface area contributed by atoms with Crippen molar-refractivity contribution in [2.75, 3.05) is 6.54 Å². The third-order valence-corrected chi connectivity index (χ3v) is 2.68. The minimum absolute atomic E-state index is 0.0357. The van der Waals surface area contributed by atoms with E-state index >= 15 is 0 Å². The smallest absolute Gasteiger partial charge is 0.251 e. The van der Waals surface area contributed by atoms with Gasteiger partial charge in [-0.1, -0.05) is 25.7 Å². The van der Waals surface area contributed by atoms with Crippen molar-refractivity contribution in [2.24, 2.45) is 11.7 Å². The van der Waals surface area contributed by atoms with Crippen LogP contribution in [0.1, 0.15) is 43.1 Å². The Morgan fingerprint density at radius 1 is 1.26 bits per heavy atom. The summed E-state index contributed by atoms with van der Waals surface area (Å²) in [5, 5.41) is 3.00. The summed E-state index contributed by atoms with van der Waals surface area (Å²) >= 11 is 0. The second kappa shape index (κ2) is 7.60. The van der Waals surface area contributed by atoms with Gasteiger partial charge >= 0.3 is 0 Å². The zero-order chi connectivity index (χ0) is 14.3. The van der Waals surface area contributed by atoms with Crippen molar-refractivity contribution in [3.8, 4) is 11.8 Å². The van der Waals surface area contributed by atoms with Crippen LogP contribution in [0, 0.1) is 17.8 Å². The Bertz CT molecular complexity index is 466. The van der Waals surface area contributed by atoms with Crippen molar-refractivity contribution in [1.82, 2.24) is 5.32 Å². The number of hydrogen-bond donors (Lipinski definition) is 2. The Kier molecular flexibility index (Phi) is 6.11. The number of hydrogen-bond acceptors (Lipinski definition) is 2. The molecule has 0 fully saturated rings. The van der Waals surface area contributed by atoms with E-state index < -0.39 is 0 Å². The molecule has 0 spiro atoms. The fraction of sp³-hybridized carbons (Fsp3) is 0.438. The van der Waals surface area contributed by atoms with E-state index in [1.54, 1.807) is 12.1 Å². The first kappa shape index (κ1) is 15.3. The minimum atomic E-state index is -0.0357. The molecule has 1 aromatic rings. The van der Waals surface area contributed by atoms with Crippen LogP contribution in [0.5, 0.6) is 0 Å². The Morgan fingerprint density at radius 3 is 2.42 bits per heavy atom. The van der Waals surface area contributed by atoms with Crippen LogP contribution in [-0.2, 0) is 0 Å². The third-order valence-electron chi connectivity index (χ3n) is 2.68. The van der Waals surface area contributed by atoms with Gasteiger partial charge in [0.1, 0.15) is 0 Å². The summed E-state index contributed by atoms with van der Waals surface area (Å²) in [6, 6.07) is 7.44. The summed E-state index contributed by atoms with van der Waals surface area (Å²) < 4.78 is 0. The fourth-order valence-electron chi connectivity index (χ4n) is 1.93. The lowest BCUT2D eigenvalue weighted by molar-refractivity contribution is 0.0936. The maximum absolute atomic E-state index is 12.0. The number of carbonyl (C=O) groups is 1. The molecule has 19 heavy (non-hydrogen) atoms. The van der Waals surface area contributed by atoms with E-state index in [1.165, 1.54) is 0 Å². The number of rotatable bonds is 4. The third kappa shape index (κ3) is 5.58. The molecule has 0 saturated heterocycles. The lowest BCUT2D eigenvalue weighted by Gasteiger charge is -2.15. The van der Waals surface area contributed by atoms with Crippen molar-refractivity contribution in [3.05, 3.63) is 35.4 Å². The molecule has 0 heterocycles. The van der Waals surface area contributed by atoms with E-state index in [2.05, 4.69) is 31.0 Å². The molecule has 0 radical (unpaired) electrons. The molecule has 0 aliphatic heterocycles. The monoisotopic (exact) mass is 258 g/mol. The number of amides is 1. The lowest BCUT2D eigenvalue weighted by Crippen LogP contribution is -2.33. The molecular formula is C16H22N2O. The highest BCUT2D eigenvalue weighted by molar-refractivity contribution is 5.94. The van der Waals surface area contributed by atoms with E-state index in [0.717, 1.165) is 12.0 Å². The van der Waals surface area contributed by atoms with E-state index in [0.29, 0.717) is 18.0 Å². The van der Waals surface area contributed by atoms with Gasteiger partial charge < -0.3 is 11.1 Å². The topological polar surface area (TPSA) is 55.1 Å². The summed E-state index contributed by atoms with van der Waals surface area (Å²) in [7, 11) is 0. The van der Waals surface area contributed by atoms with E-state index in [1.807, 2.05) is 19.1 Å². The van der Waals surface area contributed by atoms with Gasteiger partial charge in [0.2, 0.25) is 0 Å². The maximum Gasteiger partial charge on any atom is 0.251 e. The molecule has 3 heteroatoms. The van der Waals surface area contributed by atoms with E-state index in [9.17, 15) is 4.79 Å². The summed E-state index contributed by atoms with van der Waals surface area (Å²) in [5.41, 5.74) is 6.84. The highest BCUT2D eigenvalue weighted by Crippen LogP contribution is 2.07. The van der Waals surface area contributed by atoms with Crippen LogP contribution in [0.25, 0.3) is 0 Å². The van der Waals surface area contributed by atoms with Crippen LogP contribution < -0.4 is 11.1 Å². The molecule has 1 unspecified atom stereocenters. The van der Waals surface area contributed by atoms with Gasteiger partial charge in [-0.05, 0) is 43.5 Å². The van der Waals surface area contributed by atoms with Gasteiger partial charge in [-0.15, -0.1) is 0 Å². The average Bonchev–Trinajstić information content (AvgIpc) is 2.35. The molecular weight excluding hydrogens is 236 g/mol. The van der Waals surface area contributed by atoms with Crippen LogP contribution in [0.2, 0.25) is 0 Å². The zero-order valence-corrected chi connectivity index (χ0v) is 11.9. The largest absolute Gasteiger partial charge is 0.350 e. The number of carbonyl (C=O) groups excluding carboxylic acids is 1. The SMILES string of the molecule is CC(C)CC(C)NC(=O)c1ccc(C#CCN)cc1. The second-order valence-electron chi connectivity index (χ2n) is 5.09. The average molecular weight is 258 g/mol. The van der Waals surface area contributed by atoms with Crippen molar-refractivity contribution < 1.29 is 4.79 Å². The van der Waals surface area contributed by atoms with Crippen LogP contribution in [-0.4, -0.2) is 18.5 Å². The van der Waals surface area contributed by atoms with Crippen molar-refractivity contribution >= 4 is 5.91 Å². The predicted octanol–water partition coefficient (Wildman–Crippen LogP) is 2.16. The molecule has 0 aliphatic carbocycles. The Labute approximate surface area is 115 Å². The summed E-state index contributed by atoms with van der Waals surface area (Å²) in [5.74, 6) is 6.25. The van der Waals surface area contributed by atoms with Crippen LogP contribution in [0.15, 0.2) is 24.3 Å². The number of nitrogens with two attached hydrogens (primary N) is 1. The molecule has 0 saturated carbocycles. The van der Waals surface area contributed by atoms with Gasteiger partial charge in [-0.2, -0.15) is 0 Å². The Hall–Kier alpha value is -1.79. The molecule has 3 nitrogen and oxygen atoms in total. The van der Waals surface area contributed by atoms with Crippen molar-refractivity contribution in [3.63, 3.8) is 0 Å². The molecule has 102 valence electrons. The van der Waals surface area contributed by atoms with Crippen molar-refractivity contribution in [2.45, 2.75) is 33.2 Å². The van der Waals surface area contributed by atoms with Crippen molar-refractivity contribution in [1.29, 1.82) is 0 Å². The van der Waals surface area contributed by atoms with Gasteiger partial charge in [0.15, 0.2) is 0 Å². The molecule has 1 aromatic carbocycles.